The Morgan fingerprint density at radius 3 is 2.69 bits per heavy atom. The molecule has 4 heteroatoms. The molecule has 0 aromatic heterocycles. The summed E-state index contributed by atoms with van der Waals surface area (Å²) in [5.74, 6) is 2.20. The summed E-state index contributed by atoms with van der Waals surface area (Å²) in [6.45, 7) is 7.57. The van der Waals surface area contributed by atoms with Crippen molar-refractivity contribution < 1.29 is 9.53 Å². The van der Waals surface area contributed by atoms with Crippen LogP contribution in [0.4, 0.5) is 0 Å². The second kappa shape index (κ2) is 5.92. The fraction of sp³-hybridized carbons (Fsp3) is 0.917. The zero-order valence-corrected chi connectivity index (χ0v) is 11.5. The molecule has 1 heterocycles. The maximum atomic E-state index is 11.7. The van der Waals surface area contributed by atoms with Crippen molar-refractivity contribution >= 4 is 17.7 Å². The summed E-state index contributed by atoms with van der Waals surface area (Å²) in [5.41, 5.74) is -0.395. The molecule has 0 aromatic rings. The van der Waals surface area contributed by atoms with Gasteiger partial charge in [-0.2, -0.15) is 11.8 Å². The van der Waals surface area contributed by atoms with Crippen LogP contribution in [0.5, 0.6) is 0 Å². The van der Waals surface area contributed by atoms with E-state index in [4.69, 9.17) is 4.74 Å². The molecule has 1 aliphatic rings. The highest BCUT2D eigenvalue weighted by Gasteiger charge is 2.24. The largest absolute Gasteiger partial charge is 0.459 e. The van der Waals surface area contributed by atoms with E-state index in [1.165, 1.54) is 18.6 Å². The van der Waals surface area contributed by atoms with Gasteiger partial charge in [-0.3, -0.25) is 4.79 Å². The van der Waals surface area contributed by atoms with Crippen molar-refractivity contribution in [2.75, 3.05) is 11.5 Å². The first-order valence-corrected chi connectivity index (χ1v) is 7.10. The van der Waals surface area contributed by atoms with Crippen LogP contribution < -0.4 is 5.32 Å². The highest BCUT2D eigenvalue weighted by Crippen LogP contribution is 2.17. The smallest absolute Gasteiger partial charge is 0.323 e. The molecular formula is C12H23NO2S. The van der Waals surface area contributed by atoms with Gasteiger partial charge in [0.15, 0.2) is 0 Å². The Morgan fingerprint density at radius 2 is 2.19 bits per heavy atom. The third-order valence-corrected chi connectivity index (χ3v) is 3.62. The van der Waals surface area contributed by atoms with Crippen LogP contribution >= 0.6 is 11.8 Å². The van der Waals surface area contributed by atoms with Gasteiger partial charge in [-0.05, 0) is 46.3 Å². The third-order valence-electron chi connectivity index (χ3n) is 2.41. The summed E-state index contributed by atoms with van der Waals surface area (Å²) in [6.07, 6.45) is 2.41. The van der Waals surface area contributed by atoms with Crippen molar-refractivity contribution in [2.24, 2.45) is 0 Å². The first-order valence-electron chi connectivity index (χ1n) is 5.95. The van der Waals surface area contributed by atoms with Gasteiger partial charge in [0.1, 0.15) is 11.6 Å². The lowest BCUT2D eigenvalue weighted by Gasteiger charge is -2.27. The second-order valence-corrected chi connectivity index (χ2v) is 6.49. The van der Waals surface area contributed by atoms with Crippen LogP contribution in [0, 0.1) is 0 Å². The third kappa shape index (κ3) is 5.21. The molecule has 0 aliphatic carbocycles. The number of ether oxygens (including phenoxy) is 1. The van der Waals surface area contributed by atoms with Crippen molar-refractivity contribution in [1.82, 2.24) is 5.32 Å². The van der Waals surface area contributed by atoms with E-state index in [2.05, 4.69) is 5.32 Å². The molecule has 1 rings (SSSR count). The molecule has 1 aliphatic heterocycles. The normalized spacial score (nSPS) is 23.9. The average Bonchev–Trinajstić information content (AvgIpc) is 2.16. The van der Waals surface area contributed by atoms with Gasteiger partial charge < -0.3 is 10.1 Å². The highest BCUT2D eigenvalue weighted by atomic mass is 32.2. The number of carbonyl (C=O) groups excluding carboxylic acids is 1. The Hall–Kier alpha value is -0.220. The lowest BCUT2D eigenvalue weighted by Crippen LogP contribution is -2.46. The SMILES string of the molecule is C[C@@H](NC1CCCSC1)C(=O)OC(C)(C)C. The predicted octanol–water partition coefficient (Wildman–Crippen LogP) is 2.20. The van der Waals surface area contributed by atoms with E-state index in [1.54, 1.807) is 0 Å². The van der Waals surface area contributed by atoms with Crippen LogP contribution in [0.15, 0.2) is 0 Å². The van der Waals surface area contributed by atoms with E-state index >= 15 is 0 Å². The van der Waals surface area contributed by atoms with Gasteiger partial charge in [0.2, 0.25) is 0 Å². The molecule has 0 spiro atoms. The van der Waals surface area contributed by atoms with E-state index in [0.717, 1.165) is 5.75 Å². The Balaban J connectivity index is 2.33. The molecule has 0 aromatic carbocycles. The minimum atomic E-state index is -0.395. The van der Waals surface area contributed by atoms with Gasteiger partial charge >= 0.3 is 5.97 Å². The van der Waals surface area contributed by atoms with Crippen LogP contribution in [0.1, 0.15) is 40.5 Å². The fourth-order valence-electron chi connectivity index (χ4n) is 1.68. The second-order valence-electron chi connectivity index (χ2n) is 5.34. The predicted molar refractivity (Wildman–Crippen MR) is 68.8 cm³/mol. The van der Waals surface area contributed by atoms with Crippen molar-refractivity contribution in [1.29, 1.82) is 0 Å². The van der Waals surface area contributed by atoms with Crippen LogP contribution in [0.3, 0.4) is 0 Å². The summed E-state index contributed by atoms with van der Waals surface area (Å²) in [5, 5.41) is 3.35. The number of carbonyl (C=O) groups is 1. The molecule has 0 bridgehead atoms. The zero-order chi connectivity index (χ0) is 12.2. The Bertz CT molecular complexity index is 232. The minimum Gasteiger partial charge on any atom is -0.459 e. The standard InChI is InChI=1S/C12H23NO2S/c1-9(11(14)15-12(2,3)4)13-10-6-5-7-16-8-10/h9-10,13H,5-8H2,1-4H3/t9-,10?/m1/s1. The maximum Gasteiger partial charge on any atom is 0.323 e. The molecule has 0 amide bonds. The minimum absolute atomic E-state index is 0.150. The molecule has 3 nitrogen and oxygen atoms in total. The van der Waals surface area contributed by atoms with E-state index in [0.29, 0.717) is 6.04 Å². The molecule has 16 heavy (non-hydrogen) atoms. The summed E-state index contributed by atoms with van der Waals surface area (Å²) in [6, 6.07) is 0.254. The van der Waals surface area contributed by atoms with E-state index < -0.39 is 5.60 Å². The fourth-order valence-corrected chi connectivity index (χ4v) is 2.77. The van der Waals surface area contributed by atoms with E-state index in [9.17, 15) is 4.79 Å². The molecule has 1 N–H and O–H groups in total. The molecule has 0 saturated carbocycles. The number of esters is 1. The van der Waals surface area contributed by atoms with Crippen LogP contribution in [-0.2, 0) is 9.53 Å². The summed E-state index contributed by atoms with van der Waals surface area (Å²) < 4.78 is 5.33. The first kappa shape index (κ1) is 13.8. The van der Waals surface area contributed by atoms with Crippen LogP contribution in [0.2, 0.25) is 0 Å². The average molecular weight is 245 g/mol. The quantitative estimate of drug-likeness (QED) is 0.774. The van der Waals surface area contributed by atoms with Gasteiger partial charge in [0.25, 0.3) is 0 Å². The zero-order valence-electron chi connectivity index (χ0n) is 10.7. The number of thioether (sulfide) groups is 1. The van der Waals surface area contributed by atoms with Crippen molar-refractivity contribution in [3.8, 4) is 0 Å². The Kier molecular flexibility index (Phi) is 5.12. The van der Waals surface area contributed by atoms with Crippen LogP contribution in [0.25, 0.3) is 0 Å². The van der Waals surface area contributed by atoms with Crippen molar-refractivity contribution in [2.45, 2.75) is 58.2 Å². The monoisotopic (exact) mass is 245 g/mol. The van der Waals surface area contributed by atoms with Gasteiger partial charge in [-0.1, -0.05) is 0 Å². The number of hydrogen-bond donors (Lipinski definition) is 1. The Morgan fingerprint density at radius 1 is 1.50 bits per heavy atom. The topological polar surface area (TPSA) is 38.3 Å². The molecule has 2 atom stereocenters. The van der Waals surface area contributed by atoms with Gasteiger partial charge in [0.05, 0.1) is 0 Å². The van der Waals surface area contributed by atoms with Gasteiger partial charge in [0, 0.05) is 11.8 Å². The van der Waals surface area contributed by atoms with Crippen LogP contribution in [-0.4, -0.2) is 35.2 Å². The molecule has 1 fully saturated rings. The number of rotatable bonds is 3. The summed E-state index contributed by atoms with van der Waals surface area (Å²) in [4.78, 5) is 11.7. The summed E-state index contributed by atoms with van der Waals surface area (Å²) >= 11 is 1.96. The van der Waals surface area contributed by atoms with Crippen molar-refractivity contribution in [3.63, 3.8) is 0 Å². The lowest BCUT2D eigenvalue weighted by molar-refractivity contribution is -0.157. The van der Waals surface area contributed by atoms with Gasteiger partial charge in [-0.25, -0.2) is 0 Å². The molecule has 1 saturated heterocycles. The molecule has 94 valence electrons. The number of nitrogens with one attached hydrogen (secondary N) is 1. The van der Waals surface area contributed by atoms with Crippen molar-refractivity contribution in [3.05, 3.63) is 0 Å². The molecule has 0 radical (unpaired) electrons. The highest BCUT2D eigenvalue weighted by molar-refractivity contribution is 7.99. The number of hydrogen-bond acceptors (Lipinski definition) is 4. The van der Waals surface area contributed by atoms with Gasteiger partial charge in [-0.15, -0.1) is 0 Å². The van der Waals surface area contributed by atoms with E-state index in [-0.39, 0.29) is 12.0 Å². The first-order chi connectivity index (χ1) is 7.38. The maximum absolute atomic E-state index is 11.7. The summed E-state index contributed by atoms with van der Waals surface area (Å²) in [7, 11) is 0. The molecular weight excluding hydrogens is 222 g/mol. The van der Waals surface area contributed by atoms with E-state index in [1.807, 2.05) is 39.5 Å². The lowest BCUT2D eigenvalue weighted by atomic mass is 10.1. The Labute approximate surface area is 103 Å². The molecule has 1 unspecified atom stereocenters.